The van der Waals surface area contributed by atoms with Gasteiger partial charge in [-0.3, -0.25) is 10.1 Å². The van der Waals surface area contributed by atoms with Gasteiger partial charge in [-0.05, 0) is 36.1 Å². The van der Waals surface area contributed by atoms with E-state index in [2.05, 4.69) is 5.32 Å². The first-order chi connectivity index (χ1) is 12.1. The first-order valence-electron chi connectivity index (χ1n) is 8.14. The Morgan fingerprint density at radius 2 is 2.00 bits per heavy atom. The molecule has 0 saturated carbocycles. The van der Waals surface area contributed by atoms with E-state index in [9.17, 15) is 14.5 Å². The Morgan fingerprint density at radius 1 is 1.24 bits per heavy atom. The number of allylic oxidation sites excluding steroid dienone is 2. The maximum atomic E-state index is 14.5. The number of halogens is 1. The maximum Gasteiger partial charge on any atom is 0.275 e. The minimum atomic E-state index is -0.460. The van der Waals surface area contributed by atoms with Crippen molar-refractivity contribution in [2.45, 2.75) is 18.4 Å². The van der Waals surface area contributed by atoms with Crippen LogP contribution in [0.5, 0.6) is 5.75 Å². The predicted octanol–water partition coefficient (Wildman–Crippen LogP) is 4.57. The number of anilines is 1. The highest BCUT2D eigenvalue weighted by Crippen LogP contribution is 2.53. The molecular formula is C19H17FN2O3. The summed E-state index contributed by atoms with van der Waals surface area (Å²) in [4.78, 5) is 11.0. The molecule has 0 aromatic heterocycles. The second-order valence-corrected chi connectivity index (χ2v) is 6.36. The average molecular weight is 340 g/mol. The van der Waals surface area contributed by atoms with E-state index in [1.54, 1.807) is 7.11 Å². The summed E-state index contributed by atoms with van der Waals surface area (Å²) in [7, 11) is 1.61. The van der Waals surface area contributed by atoms with Crippen molar-refractivity contribution in [3.63, 3.8) is 0 Å². The molecule has 0 spiro atoms. The van der Waals surface area contributed by atoms with Crippen LogP contribution in [-0.4, -0.2) is 12.0 Å². The largest absolute Gasteiger partial charge is 0.497 e. The molecule has 25 heavy (non-hydrogen) atoms. The Morgan fingerprint density at radius 3 is 2.68 bits per heavy atom. The summed E-state index contributed by atoms with van der Waals surface area (Å²) in [5, 5.41) is 14.6. The molecule has 0 bridgehead atoms. The Kier molecular flexibility index (Phi) is 3.67. The number of nitro benzene ring substituents is 1. The van der Waals surface area contributed by atoms with E-state index in [1.807, 2.05) is 36.4 Å². The normalized spacial score (nSPS) is 23.5. The van der Waals surface area contributed by atoms with E-state index < -0.39 is 10.7 Å². The van der Waals surface area contributed by atoms with Crippen LogP contribution in [-0.2, 0) is 0 Å². The van der Waals surface area contributed by atoms with E-state index in [1.165, 1.54) is 6.07 Å². The van der Waals surface area contributed by atoms with Gasteiger partial charge in [-0.2, -0.15) is 0 Å². The number of hydrogen-bond donors (Lipinski definition) is 1. The van der Waals surface area contributed by atoms with Gasteiger partial charge in [0.15, 0.2) is 0 Å². The number of benzene rings is 2. The molecule has 2 aliphatic rings. The van der Waals surface area contributed by atoms with Crippen LogP contribution in [0.4, 0.5) is 15.8 Å². The lowest BCUT2D eigenvalue weighted by molar-refractivity contribution is -0.385. The van der Waals surface area contributed by atoms with Crippen molar-refractivity contribution in [3.8, 4) is 5.75 Å². The molecule has 1 aliphatic carbocycles. The van der Waals surface area contributed by atoms with Crippen molar-refractivity contribution in [1.82, 2.24) is 0 Å². The Labute approximate surface area is 144 Å². The maximum absolute atomic E-state index is 14.5. The molecule has 6 heteroatoms. The fourth-order valence-corrected chi connectivity index (χ4v) is 3.95. The van der Waals surface area contributed by atoms with E-state index in [-0.39, 0.29) is 29.3 Å². The van der Waals surface area contributed by atoms with Gasteiger partial charge in [-0.1, -0.05) is 24.3 Å². The quantitative estimate of drug-likeness (QED) is 0.505. The van der Waals surface area contributed by atoms with Crippen LogP contribution >= 0.6 is 0 Å². The van der Waals surface area contributed by atoms with Crippen molar-refractivity contribution < 1.29 is 14.1 Å². The van der Waals surface area contributed by atoms with Gasteiger partial charge in [-0.25, -0.2) is 4.39 Å². The molecule has 1 N–H and O–H groups in total. The lowest BCUT2D eigenvalue weighted by Crippen LogP contribution is -2.30. The summed E-state index contributed by atoms with van der Waals surface area (Å²) in [6.45, 7) is 0. The van der Waals surface area contributed by atoms with Crippen LogP contribution in [0.2, 0.25) is 0 Å². The van der Waals surface area contributed by atoms with Gasteiger partial charge in [0.25, 0.3) is 5.69 Å². The number of nitrogens with one attached hydrogen (secondary N) is 1. The van der Waals surface area contributed by atoms with Crippen molar-refractivity contribution in [3.05, 3.63) is 75.6 Å². The molecule has 2 aromatic carbocycles. The lowest BCUT2D eigenvalue weighted by atomic mass is 9.76. The molecule has 0 amide bonds. The van der Waals surface area contributed by atoms with Crippen molar-refractivity contribution >= 4 is 11.4 Å². The van der Waals surface area contributed by atoms with Crippen LogP contribution in [0.1, 0.15) is 29.5 Å². The molecule has 4 rings (SSSR count). The zero-order chi connectivity index (χ0) is 17.6. The number of hydrogen-bond acceptors (Lipinski definition) is 4. The van der Waals surface area contributed by atoms with Crippen LogP contribution in [0.15, 0.2) is 48.6 Å². The van der Waals surface area contributed by atoms with Gasteiger partial charge in [0.1, 0.15) is 11.6 Å². The van der Waals surface area contributed by atoms with E-state index in [4.69, 9.17) is 4.74 Å². The van der Waals surface area contributed by atoms with Gasteiger partial charge < -0.3 is 10.1 Å². The average Bonchev–Trinajstić information content (AvgIpc) is 3.11. The second-order valence-electron chi connectivity index (χ2n) is 6.36. The summed E-state index contributed by atoms with van der Waals surface area (Å²) in [5.41, 5.74) is 1.67. The number of nitrogens with zero attached hydrogens (tertiary/aromatic N) is 1. The molecule has 2 aromatic rings. The molecule has 128 valence electrons. The standard InChI is InChI=1S/C19H17FN2O3/c1-25-12-7-5-11(6-8-12)18-14-4-2-3-13(14)17-16(22(23)24)10-9-15(20)19(17)21-18/h2-3,5-10,13-14,18,21H,4H2,1H3. The summed E-state index contributed by atoms with van der Waals surface area (Å²) in [6, 6.07) is 9.94. The number of nitro groups is 1. The molecule has 0 fully saturated rings. The van der Waals surface area contributed by atoms with Gasteiger partial charge in [0.2, 0.25) is 0 Å². The third-order valence-corrected chi connectivity index (χ3v) is 5.12. The molecule has 3 unspecified atom stereocenters. The van der Waals surface area contributed by atoms with E-state index in [0.29, 0.717) is 5.56 Å². The van der Waals surface area contributed by atoms with Crippen LogP contribution < -0.4 is 10.1 Å². The first kappa shape index (κ1) is 15.6. The summed E-state index contributed by atoms with van der Waals surface area (Å²) in [6.07, 6.45) is 4.78. The predicted molar refractivity (Wildman–Crippen MR) is 92.4 cm³/mol. The van der Waals surface area contributed by atoms with Gasteiger partial charge in [-0.15, -0.1) is 0 Å². The van der Waals surface area contributed by atoms with Gasteiger partial charge in [0.05, 0.1) is 29.3 Å². The second kappa shape index (κ2) is 5.88. The third kappa shape index (κ3) is 2.45. The molecule has 1 heterocycles. The Balaban J connectivity index is 1.82. The van der Waals surface area contributed by atoms with E-state index >= 15 is 0 Å². The molecular weight excluding hydrogens is 323 g/mol. The number of fused-ring (bicyclic) bond motifs is 3. The van der Waals surface area contributed by atoms with Gasteiger partial charge >= 0.3 is 0 Å². The van der Waals surface area contributed by atoms with Crippen LogP contribution in [0, 0.1) is 21.8 Å². The molecule has 3 atom stereocenters. The summed E-state index contributed by atoms with van der Waals surface area (Å²) >= 11 is 0. The smallest absolute Gasteiger partial charge is 0.275 e. The zero-order valence-corrected chi connectivity index (χ0v) is 13.6. The Hall–Kier alpha value is -2.89. The minimum Gasteiger partial charge on any atom is -0.497 e. The zero-order valence-electron chi connectivity index (χ0n) is 13.6. The molecule has 0 saturated heterocycles. The Bertz CT molecular complexity index is 864. The van der Waals surface area contributed by atoms with Crippen LogP contribution in [0.25, 0.3) is 0 Å². The SMILES string of the molecule is COc1ccc(C2Nc3c(F)ccc([N+](=O)[O-])c3C3C=CCC32)cc1. The number of ether oxygens (including phenoxy) is 1. The van der Waals surface area contributed by atoms with Crippen molar-refractivity contribution in [2.75, 3.05) is 12.4 Å². The topological polar surface area (TPSA) is 64.4 Å². The third-order valence-electron chi connectivity index (χ3n) is 5.12. The number of rotatable bonds is 3. The summed E-state index contributed by atoms with van der Waals surface area (Å²) in [5.74, 6) is 0.238. The van der Waals surface area contributed by atoms with E-state index in [0.717, 1.165) is 23.8 Å². The molecule has 5 nitrogen and oxygen atoms in total. The lowest BCUT2D eigenvalue weighted by Gasteiger charge is -2.37. The molecule has 1 aliphatic heterocycles. The minimum absolute atomic E-state index is 0.0290. The van der Waals surface area contributed by atoms with Gasteiger partial charge in [0, 0.05) is 12.0 Å². The summed E-state index contributed by atoms with van der Waals surface area (Å²) < 4.78 is 19.6. The highest BCUT2D eigenvalue weighted by Gasteiger charge is 2.42. The van der Waals surface area contributed by atoms with Crippen LogP contribution in [0.3, 0.4) is 0 Å². The highest BCUT2D eigenvalue weighted by atomic mass is 19.1. The number of methoxy groups -OCH3 is 1. The fourth-order valence-electron chi connectivity index (χ4n) is 3.95. The van der Waals surface area contributed by atoms with Crippen molar-refractivity contribution in [1.29, 1.82) is 0 Å². The first-order valence-corrected chi connectivity index (χ1v) is 8.14. The molecule has 0 radical (unpaired) electrons. The highest BCUT2D eigenvalue weighted by molar-refractivity contribution is 5.67. The monoisotopic (exact) mass is 340 g/mol. The van der Waals surface area contributed by atoms with Crippen molar-refractivity contribution in [2.24, 2.45) is 5.92 Å². The fraction of sp³-hybridized carbons (Fsp3) is 0.263.